The van der Waals surface area contributed by atoms with E-state index in [0.29, 0.717) is 12.4 Å². The number of imidazole rings is 1. The molecule has 0 amide bonds. The van der Waals surface area contributed by atoms with E-state index in [9.17, 15) is 0 Å². The first-order chi connectivity index (χ1) is 5.29. The molecule has 0 saturated carbocycles. The number of aromatic nitrogens is 2. The van der Waals surface area contributed by atoms with Crippen LogP contribution in [0.5, 0.6) is 0 Å². The lowest BCUT2D eigenvalue weighted by Gasteiger charge is -1.92. The average Bonchev–Trinajstić information content (AvgIpc) is 2.39. The van der Waals surface area contributed by atoms with Gasteiger partial charge in [0.15, 0.2) is 0 Å². The molecule has 1 aromatic rings. The zero-order valence-corrected chi connectivity index (χ0v) is 6.54. The lowest BCUT2D eigenvalue weighted by molar-refractivity contribution is 0.892. The van der Waals surface area contributed by atoms with Gasteiger partial charge in [0.05, 0.1) is 5.84 Å². The second-order valence-corrected chi connectivity index (χ2v) is 2.31. The number of nitrogens with zero attached hydrogens (tertiary/aromatic N) is 2. The predicted molar refractivity (Wildman–Crippen MR) is 44.5 cm³/mol. The Hall–Kier alpha value is -1.32. The van der Waals surface area contributed by atoms with E-state index < -0.39 is 0 Å². The number of hydrogen-bond acceptors (Lipinski definition) is 2. The molecule has 60 valence electrons. The Morgan fingerprint density at radius 3 is 3.18 bits per heavy atom. The van der Waals surface area contributed by atoms with Crippen LogP contribution in [-0.4, -0.2) is 22.3 Å². The summed E-state index contributed by atoms with van der Waals surface area (Å²) >= 11 is 0. The van der Waals surface area contributed by atoms with Crippen LogP contribution in [-0.2, 0) is 6.42 Å². The summed E-state index contributed by atoms with van der Waals surface area (Å²) in [7, 11) is 0. The van der Waals surface area contributed by atoms with Crippen molar-refractivity contribution < 1.29 is 0 Å². The zero-order valence-electron chi connectivity index (χ0n) is 6.54. The summed E-state index contributed by atoms with van der Waals surface area (Å²) in [6, 6.07) is 0. The van der Waals surface area contributed by atoms with Gasteiger partial charge in [-0.25, -0.2) is 4.98 Å². The topological polar surface area (TPSA) is 67.1 Å². The number of nitrogens with two attached hydrogens (primary N) is 1. The van der Waals surface area contributed by atoms with Gasteiger partial charge < -0.3 is 10.7 Å². The minimum absolute atomic E-state index is 0.622. The summed E-state index contributed by atoms with van der Waals surface area (Å²) in [6.07, 6.45) is 4.35. The standard InChI is InChI=1S/C7H12N4/c1-6(8)9-3-2-7-10-4-5-11-7/h4-5H,2-3H2,1H3,(H2,8,9)(H,10,11). The van der Waals surface area contributed by atoms with Crippen molar-refractivity contribution in [3.8, 4) is 0 Å². The van der Waals surface area contributed by atoms with Crippen LogP contribution in [0, 0.1) is 0 Å². The fourth-order valence-electron chi connectivity index (χ4n) is 0.773. The molecule has 1 rings (SSSR count). The van der Waals surface area contributed by atoms with Crippen molar-refractivity contribution in [2.24, 2.45) is 10.7 Å². The van der Waals surface area contributed by atoms with Crippen molar-refractivity contribution in [3.05, 3.63) is 18.2 Å². The van der Waals surface area contributed by atoms with E-state index in [2.05, 4.69) is 15.0 Å². The summed E-state index contributed by atoms with van der Waals surface area (Å²) in [6.45, 7) is 2.48. The van der Waals surface area contributed by atoms with Crippen LogP contribution < -0.4 is 5.73 Å². The quantitative estimate of drug-likeness (QED) is 0.484. The Morgan fingerprint density at radius 2 is 2.64 bits per heavy atom. The van der Waals surface area contributed by atoms with Crippen molar-refractivity contribution in [2.45, 2.75) is 13.3 Å². The molecule has 4 nitrogen and oxygen atoms in total. The summed E-state index contributed by atoms with van der Waals surface area (Å²) < 4.78 is 0. The van der Waals surface area contributed by atoms with Crippen molar-refractivity contribution in [1.82, 2.24) is 9.97 Å². The van der Waals surface area contributed by atoms with E-state index in [0.717, 1.165) is 12.2 Å². The van der Waals surface area contributed by atoms with Gasteiger partial charge in [-0.1, -0.05) is 0 Å². The van der Waals surface area contributed by atoms with Crippen LogP contribution in [0.3, 0.4) is 0 Å². The Bertz CT molecular complexity index is 221. The van der Waals surface area contributed by atoms with Gasteiger partial charge in [0.1, 0.15) is 5.82 Å². The molecule has 0 aromatic carbocycles. The second-order valence-electron chi connectivity index (χ2n) is 2.31. The summed E-state index contributed by atoms with van der Waals surface area (Å²) in [5.74, 6) is 1.58. The first kappa shape index (κ1) is 7.78. The van der Waals surface area contributed by atoms with Crippen molar-refractivity contribution in [3.63, 3.8) is 0 Å². The second kappa shape index (κ2) is 3.75. The van der Waals surface area contributed by atoms with Crippen molar-refractivity contribution >= 4 is 5.84 Å². The molecule has 0 fully saturated rings. The van der Waals surface area contributed by atoms with Crippen LogP contribution in [0.4, 0.5) is 0 Å². The van der Waals surface area contributed by atoms with Gasteiger partial charge in [0, 0.05) is 25.4 Å². The number of aliphatic imine (C=N–C) groups is 1. The molecule has 0 saturated heterocycles. The van der Waals surface area contributed by atoms with E-state index in [4.69, 9.17) is 5.73 Å². The van der Waals surface area contributed by atoms with Gasteiger partial charge in [0.2, 0.25) is 0 Å². The molecule has 0 bridgehead atoms. The van der Waals surface area contributed by atoms with E-state index in [-0.39, 0.29) is 0 Å². The van der Waals surface area contributed by atoms with Gasteiger partial charge in [-0.15, -0.1) is 0 Å². The maximum absolute atomic E-state index is 5.35. The molecule has 0 unspecified atom stereocenters. The zero-order chi connectivity index (χ0) is 8.10. The van der Waals surface area contributed by atoms with E-state index in [1.54, 1.807) is 19.3 Å². The monoisotopic (exact) mass is 152 g/mol. The van der Waals surface area contributed by atoms with Crippen LogP contribution >= 0.6 is 0 Å². The Labute approximate surface area is 65.6 Å². The Kier molecular flexibility index (Phi) is 2.66. The molecule has 0 aliphatic rings. The summed E-state index contributed by atoms with van der Waals surface area (Å²) in [5, 5.41) is 0. The third-order valence-electron chi connectivity index (χ3n) is 1.26. The Morgan fingerprint density at radius 1 is 1.82 bits per heavy atom. The fourth-order valence-corrected chi connectivity index (χ4v) is 0.773. The van der Waals surface area contributed by atoms with Crippen molar-refractivity contribution in [1.29, 1.82) is 0 Å². The number of H-pyrrole nitrogens is 1. The number of hydrogen-bond donors (Lipinski definition) is 2. The number of rotatable bonds is 3. The molecule has 1 aromatic heterocycles. The highest BCUT2D eigenvalue weighted by atomic mass is 14.9. The highest BCUT2D eigenvalue weighted by molar-refractivity contribution is 5.77. The molecule has 0 atom stereocenters. The Balaban J connectivity index is 2.30. The summed E-state index contributed by atoms with van der Waals surface area (Å²) in [5.41, 5.74) is 5.35. The molecule has 0 spiro atoms. The summed E-state index contributed by atoms with van der Waals surface area (Å²) in [4.78, 5) is 11.1. The van der Waals surface area contributed by atoms with Crippen molar-refractivity contribution in [2.75, 3.05) is 6.54 Å². The van der Waals surface area contributed by atoms with Gasteiger partial charge in [-0.3, -0.25) is 4.99 Å². The molecule has 3 N–H and O–H groups in total. The molecule has 1 heterocycles. The predicted octanol–water partition coefficient (Wildman–Crippen LogP) is 0.329. The normalized spacial score (nSPS) is 11.9. The molecular formula is C7H12N4. The van der Waals surface area contributed by atoms with E-state index in [1.165, 1.54) is 0 Å². The van der Waals surface area contributed by atoms with Crippen LogP contribution in [0.15, 0.2) is 17.4 Å². The van der Waals surface area contributed by atoms with Gasteiger partial charge >= 0.3 is 0 Å². The average molecular weight is 152 g/mol. The van der Waals surface area contributed by atoms with E-state index >= 15 is 0 Å². The molecule has 0 aliphatic carbocycles. The SMILES string of the molecule is CC(N)=NCCc1ncc[nH]1. The smallest absolute Gasteiger partial charge is 0.107 e. The lowest BCUT2D eigenvalue weighted by Crippen LogP contribution is -2.07. The third kappa shape index (κ3) is 2.84. The maximum Gasteiger partial charge on any atom is 0.107 e. The molecular weight excluding hydrogens is 140 g/mol. The largest absolute Gasteiger partial charge is 0.388 e. The van der Waals surface area contributed by atoms with Gasteiger partial charge in [-0.05, 0) is 6.92 Å². The number of nitrogens with one attached hydrogen (secondary N) is 1. The maximum atomic E-state index is 5.35. The van der Waals surface area contributed by atoms with Crippen LogP contribution in [0.25, 0.3) is 0 Å². The molecule has 0 aliphatic heterocycles. The molecule has 11 heavy (non-hydrogen) atoms. The number of amidine groups is 1. The van der Waals surface area contributed by atoms with E-state index in [1.807, 2.05) is 0 Å². The first-order valence-corrected chi connectivity index (χ1v) is 3.54. The highest BCUT2D eigenvalue weighted by Crippen LogP contribution is 1.89. The highest BCUT2D eigenvalue weighted by Gasteiger charge is 1.91. The fraction of sp³-hybridized carbons (Fsp3) is 0.429. The minimum Gasteiger partial charge on any atom is -0.388 e. The lowest BCUT2D eigenvalue weighted by atomic mass is 10.4. The van der Waals surface area contributed by atoms with Gasteiger partial charge in [0.25, 0.3) is 0 Å². The van der Waals surface area contributed by atoms with Crippen LogP contribution in [0.1, 0.15) is 12.7 Å². The number of aromatic amines is 1. The first-order valence-electron chi connectivity index (χ1n) is 3.54. The molecule has 0 radical (unpaired) electrons. The minimum atomic E-state index is 0.622. The molecule has 4 heteroatoms. The van der Waals surface area contributed by atoms with Gasteiger partial charge in [-0.2, -0.15) is 0 Å². The third-order valence-corrected chi connectivity index (χ3v) is 1.26. The van der Waals surface area contributed by atoms with Crippen LogP contribution in [0.2, 0.25) is 0 Å².